The van der Waals surface area contributed by atoms with Crippen LogP contribution in [0.4, 0.5) is 0 Å². The lowest BCUT2D eigenvalue weighted by atomic mass is 10.1. The normalized spacial score (nSPS) is 12.2. The Hall–Kier alpha value is -0.840. The molecule has 1 unspecified atom stereocenters. The van der Waals surface area contributed by atoms with Gasteiger partial charge >= 0.3 is 0 Å². The van der Waals surface area contributed by atoms with Crippen molar-refractivity contribution in [2.45, 2.75) is 13.0 Å². The topological polar surface area (TPSA) is 35.2 Å². The second-order valence-electron chi connectivity index (χ2n) is 4.33. The fraction of sp³-hybridized carbons (Fsp3) is 0.200. The Balaban J connectivity index is 2.21. The molecule has 2 rings (SSSR count). The van der Waals surface area contributed by atoms with E-state index in [4.69, 9.17) is 10.5 Å². The highest BCUT2D eigenvalue weighted by atomic mass is 79.9. The molecule has 2 N–H and O–H groups in total. The van der Waals surface area contributed by atoms with Gasteiger partial charge in [0, 0.05) is 11.0 Å². The molecule has 0 heterocycles. The summed E-state index contributed by atoms with van der Waals surface area (Å²) in [5, 5.41) is 0. The van der Waals surface area contributed by atoms with E-state index in [0.29, 0.717) is 6.54 Å². The zero-order chi connectivity index (χ0) is 13.8. The van der Waals surface area contributed by atoms with Crippen molar-refractivity contribution in [3.05, 3.63) is 62.5 Å². The average Bonchev–Trinajstić information content (AvgIpc) is 2.39. The largest absolute Gasteiger partial charge is 0.483 e. The molecule has 0 radical (unpaired) electrons. The van der Waals surface area contributed by atoms with Crippen molar-refractivity contribution in [1.82, 2.24) is 0 Å². The summed E-state index contributed by atoms with van der Waals surface area (Å²) >= 11 is 6.94. The predicted molar refractivity (Wildman–Crippen MR) is 85.4 cm³/mol. The molecule has 0 aliphatic rings. The molecule has 2 aromatic rings. The molecular formula is C15H15Br2NO. The number of hydrogen-bond donors (Lipinski definition) is 1. The first-order valence-electron chi connectivity index (χ1n) is 5.98. The number of aryl methyl sites for hydroxylation is 1. The van der Waals surface area contributed by atoms with E-state index in [1.165, 1.54) is 5.56 Å². The van der Waals surface area contributed by atoms with Gasteiger partial charge in [0.15, 0.2) is 0 Å². The van der Waals surface area contributed by atoms with Crippen molar-refractivity contribution in [2.75, 3.05) is 6.54 Å². The Kier molecular flexibility index (Phi) is 5.02. The molecule has 4 heteroatoms. The molecule has 0 fully saturated rings. The minimum absolute atomic E-state index is 0.146. The molecule has 100 valence electrons. The van der Waals surface area contributed by atoms with Crippen LogP contribution in [-0.2, 0) is 0 Å². The second-order valence-corrected chi connectivity index (χ2v) is 6.10. The Morgan fingerprint density at radius 1 is 1.11 bits per heavy atom. The van der Waals surface area contributed by atoms with Crippen LogP contribution in [0.2, 0.25) is 0 Å². The fourth-order valence-corrected chi connectivity index (χ4v) is 2.64. The van der Waals surface area contributed by atoms with E-state index in [1.807, 2.05) is 49.4 Å². The van der Waals surface area contributed by atoms with E-state index in [0.717, 1.165) is 20.3 Å². The van der Waals surface area contributed by atoms with Gasteiger partial charge in [0.1, 0.15) is 11.9 Å². The minimum Gasteiger partial charge on any atom is -0.483 e. The molecule has 0 spiro atoms. The molecule has 2 aromatic carbocycles. The minimum atomic E-state index is -0.146. The summed E-state index contributed by atoms with van der Waals surface area (Å²) in [4.78, 5) is 0. The molecule has 0 bridgehead atoms. The Morgan fingerprint density at radius 2 is 1.79 bits per heavy atom. The van der Waals surface area contributed by atoms with Gasteiger partial charge in [0.05, 0.1) is 4.47 Å². The standard InChI is InChI=1S/C15H15Br2NO/c1-10-2-7-14(13(17)8-10)19-15(9-18)11-3-5-12(16)6-4-11/h2-8,15H,9,18H2,1H3. The maximum Gasteiger partial charge on any atom is 0.136 e. The SMILES string of the molecule is Cc1ccc(OC(CN)c2ccc(Br)cc2)c(Br)c1. The molecule has 0 saturated heterocycles. The summed E-state index contributed by atoms with van der Waals surface area (Å²) in [5.74, 6) is 0.809. The molecule has 0 aliphatic heterocycles. The lowest BCUT2D eigenvalue weighted by Crippen LogP contribution is -2.18. The average molecular weight is 385 g/mol. The van der Waals surface area contributed by atoms with Gasteiger partial charge < -0.3 is 10.5 Å². The van der Waals surface area contributed by atoms with Crippen LogP contribution in [0.3, 0.4) is 0 Å². The Labute approximate surface area is 130 Å². The van der Waals surface area contributed by atoms with Crippen LogP contribution in [0.1, 0.15) is 17.2 Å². The molecular weight excluding hydrogens is 370 g/mol. The van der Waals surface area contributed by atoms with Crippen molar-refractivity contribution in [3.63, 3.8) is 0 Å². The number of halogens is 2. The van der Waals surface area contributed by atoms with Crippen molar-refractivity contribution >= 4 is 31.9 Å². The van der Waals surface area contributed by atoms with Crippen LogP contribution in [0.5, 0.6) is 5.75 Å². The van der Waals surface area contributed by atoms with Gasteiger partial charge in [-0.3, -0.25) is 0 Å². The summed E-state index contributed by atoms with van der Waals surface area (Å²) in [5.41, 5.74) is 8.07. The maximum atomic E-state index is 5.99. The maximum absolute atomic E-state index is 5.99. The van der Waals surface area contributed by atoms with E-state index < -0.39 is 0 Å². The summed E-state index contributed by atoms with van der Waals surface area (Å²) in [7, 11) is 0. The molecule has 19 heavy (non-hydrogen) atoms. The third kappa shape index (κ3) is 3.81. The van der Waals surface area contributed by atoms with Crippen molar-refractivity contribution in [3.8, 4) is 5.75 Å². The molecule has 0 saturated carbocycles. The van der Waals surface area contributed by atoms with Gasteiger partial charge in [0.25, 0.3) is 0 Å². The van der Waals surface area contributed by atoms with E-state index in [-0.39, 0.29) is 6.10 Å². The van der Waals surface area contributed by atoms with Crippen LogP contribution in [0, 0.1) is 6.92 Å². The third-order valence-electron chi connectivity index (χ3n) is 2.81. The first-order valence-corrected chi connectivity index (χ1v) is 7.57. The highest BCUT2D eigenvalue weighted by molar-refractivity contribution is 9.10. The Morgan fingerprint density at radius 3 is 2.37 bits per heavy atom. The third-order valence-corrected chi connectivity index (χ3v) is 3.96. The van der Waals surface area contributed by atoms with E-state index >= 15 is 0 Å². The number of rotatable bonds is 4. The number of nitrogens with two attached hydrogens (primary N) is 1. The Bertz CT molecular complexity index is 555. The quantitative estimate of drug-likeness (QED) is 0.835. The van der Waals surface area contributed by atoms with Crippen LogP contribution >= 0.6 is 31.9 Å². The lowest BCUT2D eigenvalue weighted by Gasteiger charge is -2.19. The summed E-state index contributed by atoms with van der Waals surface area (Å²) in [6.07, 6.45) is -0.146. The van der Waals surface area contributed by atoms with Gasteiger partial charge in [-0.2, -0.15) is 0 Å². The van der Waals surface area contributed by atoms with Gasteiger partial charge in [-0.05, 0) is 58.2 Å². The smallest absolute Gasteiger partial charge is 0.136 e. The van der Waals surface area contributed by atoms with Crippen molar-refractivity contribution in [1.29, 1.82) is 0 Å². The summed E-state index contributed by atoms with van der Waals surface area (Å²) in [6.45, 7) is 2.48. The molecule has 0 aliphatic carbocycles. The summed E-state index contributed by atoms with van der Waals surface area (Å²) < 4.78 is 7.98. The fourth-order valence-electron chi connectivity index (χ4n) is 1.78. The van der Waals surface area contributed by atoms with Gasteiger partial charge in [-0.25, -0.2) is 0 Å². The lowest BCUT2D eigenvalue weighted by molar-refractivity contribution is 0.213. The zero-order valence-corrected chi connectivity index (χ0v) is 13.7. The van der Waals surface area contributed by atoms with E-state index in [9.17, 15) is 0 Å². The number of benzene rings is 2. The highest BCUT2D eigenvalue weighted by Gasteiger charge is 2.13. The van der Waals surface area contributed by atoms with Crippen molar-refractivity contribution < 1.29 is 4.74 Å². The highest BCUT2D eigenvalue weighted by Crippen LogP contribution is 2.30. The second kappa shape index (κ2) is 6.55. The number of ether oxygens (including phenoxy) is 1. The monoisotopic (exact) mass is 383 g/mol. The van der Waals surface area contributed by atoms with Gasteiger partial charge in [-0.15, -0.1) is 0 Å². The zero-order valence-electron chi connectivity index (χ0n) is 10.6. The van der Waals surface area contributed by atoms with Crippen LogP contribution < -0.4 is 10.5 Å². The van der Waals surface area contributed by atoms with Crippen LogP contribution in [0.25, 0.3) is 0 Å². The van der Waals surface area contributed by atoms with E-state index in [1.54, 1.807) is 0 Å². The van der Waals surface area contributed by atoms with E-state index in [2.05, 4.69) is 31.9 Å². The molecule has 2 nitrogen and oxygen atoms in total. The molecule has 1 atom stereocenters. The summed E-state index contributed by atoms with van der Waals surface area (Å²) in [6, 6.07) is 14.0. The predicted octanol–water partition coefficient (Wildman–Crippen LogP) is 4.60. The number of hydrogen-bond acceptors (Lipinski definition) is 2. The first-order chi connectivity index (χ1) is 9.10. The van der Waals surface area contributed by atoms with Crippen LogP contribution in [0.15, 0.2) is 51.4 Å². The first kappa shape index (κ1) is 14.6. The van der Waals surface area contributed by atoms with Gasteiger partial charge in [-0.1, -0.05) is 34.1 Å². The molecule has 0 aromatic heterocycles. The van der Waals surface area contributed by atoms with Crippen molar-refractivity contribution in [2.24, 2.45) is 5.73 Å². The van der Waals surface area contributed by atoms with Crippen LogP contribution in [-0.4, -0.2) is 6.54 Å². The van der Waals surface area contributed by atoms with Gasteiger partial charge in [0.2, 0.25) is 0 Å². The molecule has 0 amide bonds.